The summed E-state index contributed by atoms with van der Waals surface area (Å²) in [5.74, 6) is 1.56. The summed E-state index contributed by atoms with van der Waals surface area (Å²) in [5.41, 5.74) is 1.81. The molecule has 0 fully saturated rings. The van der Waals surface area contributed by atoms with Crippen molar-refractivity contribution in [2.45, 2.75) is 25.2 Å². The van der Waals surface area contributed by atoms with Gasteiger partial charge in [-0.3, -0.25) is 5.10 Å². The summed E-state index contributed by atoms with van der Waals surface area (Å²) in [7, 11) is 0.980. The van der Waals surface area contributed by atoms with Crippen molar-refractivity contribution in [1.29, 1.82) is 0 Å². The van der Waals surface area contributed by atoms with Crippen molar-refractivity contribution in [2.75, 3.05) is 27.9 Å². The molecule has 0 amide bonds. The molecule has 9 heteroatoms. The van der Waals surface area contributed by atoms with Crippen LogP contribution in [0.15, 0.2) is 17.0 Å². The van der Waals surface area contributed by atoms with Crippen molar-refractivity contribution < 1.29 is 22.6 Å². The molecule has 0 saturated carbocycles. The van der Waals surface area contributed by atoms with E-state index < -0.39 is 10.0 Å². The third-order valence-electron chi connectivity index (χ3n) is 3.76. The molecule has 0 spiro atoms. The molecule has 25 heavy (non-hydrogen) atoms. The van der Waals surface area contributed by atoms with E-state index in [1.165, 1.54) is 21.3 Å². The van der Waals surface area contributed by atoms with E-state index in [0.717, 1.165) is 5.56 Å². The molecule has 0 unspecified atom stereocenters. The highest BCUT2D eigenvalue weighted by Crippen LogP contribution is 2.38. The van der Waals surface area contributed by atoms with E-state index in [9.17, 15) is 8.42 Å². The predicted molar refractivity (Wildman–Crippen MR) is 93.1 cm³/mol. The first kappa shape index (κ1) is 19.1. The number of hydrogen-bond acceptors (Lipinski definition) is 6. The average Bonchev–Trinajstić information content (AvgIpc) is 2.92. The Kier molecular flexibility index (Phi) is 5.91. The highest BCUT2D eigenvalue weighted by Gasteiger charge is 2.22. The fraction of sp³-hybridized carbons (Fsp3) is 0.438. The van der Waals surface area contributed by atoms with Crippen LogP contribution in [0.2, 0.25) is 0 Å². The van der Waals surface area contributed by atoms with E-state index >= 15 is 0 Å². The van der Waals surface area contributed by atoms with Gasteiger partial charge in [-0.15, -0.1) is 0 Å². The second-order valence-electron chi connectivity index (χ2n) is 5.44. The van der Waals surface area contributed by atoms with E-state index in [1.807, 2.05) is 0 Å². The topological polar surface area (TPSA) is 103 Å². The molecule has 1 aromatic heterocycles. The minimum absolute atomic E-state index is 0.192. The Bertz CT molecular complexity index is 801. The Hall–Kier alpha value is -2.26. The number of ether oxygens (including phenoxy) is 3. The van der Waals surface area contributed by atoms with Gasteiger partial charge >= 0.3 is 0 Å². The van der Waals surface area contributed by atoms with Crippen molar-refractivity contribution in [3.8, 4) is 17.2 Å². The van der Waals surface area contributed by atoms with Crippen LogP contribution in [-0.4, -0.2) is 46.5 Å². The van der Waals surface area contributed by atoms with E-state index in [4.69, 9.17) is 14.2 Å². The molecule has 0 aliphatic rings. The maximum absolute atomic E-state index is 12.4. The second-order valence-corrected chi connectivity index (χ2v) is 7.15. The van der Waals surface area contributed by atoms with Gasteiger partial charge in [0.1, 0.15) is 4.90 Å². The van der Waals surface area contributed by atoms with Gasteiger partial charge in [0.2, 0.25) is 15.8 Å². The maximum atomic E-state index is 12.4. The van der Waals surface area contributed by atoms with Crippen LogP contribution in [0.1, 0.15) is 17.0 Å². The number of aryl methyl sites for hydroxylation is 2. The molecule has 0 radical (unpaired) electrons. The molecule has 0 aliphatic heterocycles. The smallest absolute Gasteiger partial charge is 0.244 e. The van der Waals surface area contributed by atoms with Gasteiger partial charge in [-0.1, -0.05) is 0 Å². The van der Waals surface area contributed by atoms with Crippen LogP contribution < -0.4 is 18.9 Å². The van der Waals surface area contributed by atoms with Crippen LogP contribution in [-0.2, 0) is 16.4 Å². The van der Waals surface area contributed by atoms with Crippen LogP contribution in [0.3, 0.4) is 0 Å². The largest absolute Gasteiger partial charge is 0.493 e. The summed E-state index contributed by atoms with van der Waals surface area (Å²) < 4.78 is 43.3. The zero-order valence-electron chi connectivity index (χ0n) is 15.0. The zero-order valence-corrected chi connectivity index (χ0v) is 15.8. The lowest BCUT2D eigenvalue weighted by Gasteiger charge is -2.14. The Morgan fingerprint density at radius 2 is 1.68 bits per heavy atom. The monoisotopic (exact) mass is 369 g/mol. The summed E-state index contributed by atoms with van der Waals surface area (Å²) in [4.78, 5) is 0.192. The van der Waals surface area contributed by atoms with Crippen molar-refractivity contribution >= 4 is 10.0 Å². The first-order valence-corrected chi connectivity index (χ1v) is 9.12. The molecule has 2 aromatic rings. The molecule has 0 saturated heterocycles. The van der Waals surface area contributed by atoms with Crippen LogP contribution in [0.5, 0.6) is 17.2 Å². The Labute approximate surface area is 147 Å². The second kappa shape index (κ2) is 7.75. The van der Waals surface area contributed by atoms with Gasteiger partial charge in [-0.05, 0) is 38.0 Å². The van der Waals surface area contributed by atoms with E-state index in [0.29, 0.717) is 35.1 Å². The SMILES string of the molecule is COc1cc(CCNS(=O)(=O)c2c(C)n[nH]c2C)cc(OC)c1OC. The fourth-order valence-corrected chi connectivity index (χ4v) is 4.02. The number of benzene rings is 1. The Morgan fingerprint density at radius 1 is 1.08 bits per heavy atom. The molecule has 1 heterocycles. The van der Waals surface area contributed by atoms with E-state index in [-0.39, 0.29) is 11.4 Å². The average molecular weight is 369 g/mol. The van der Waals surface area contributed by atoms with Gasteiger partial charge in [-0.25, -0.2) is 13.1 Å². The Balaban J connectivity index is 2.14. The van der Waals surface area contributed by atoms with Gasteiger partial charge in [-0.2, -0.15) is 5.10 Å². The van der Waals surface area contributed by atoms with E-state index in [2.05, 4.69) is 14.9 Å². The molecule has 2 rings (SSSR count). The van der Waals surface area contributed by atoms with Gasteiger partial charge in [0.25, 0.3) is 0 Å². The molecular weight excluding hydrogens is 346 g/mol. The molecule has 1 aromatic carbocycles. The summed E-state index contributed by atoms with van der Waals surface area (Å²) in [6.45, 7) is 3.55. The van der Waals surface area contributed by atoms with Crippen LogP contribution >= 0.6 is 0 Å². The molecule has 8 nitrogen and oxygen atoms in total. The molecule has 138 valence electrons. The molecule has 0 atom stereocenters. The normalized spacial score (nSPS) is 11.4. The lowest BCUT2D eigenvalue weighted by atomic mass is 10.1. The summed E-state index contributed by atoms with van der Waals surface area (Å²) in [6, 6.07) is 3.59. The van der Waals surface area contributed by atoms with E-state index in [1.54, 1.807) is 26.0 Å². The predicted octanol–water partition coefficient (Wildman–Crippen LogP) is 1.57. The Morgan fingerprint density at radius 3 is 2.12 bits per heavy atom. The highest BCUT2D eigenvalue weighted by atomic mass is 32.2. The third kappa shape index (κ3) is 4.05. The van der Waals surface area contributed by atoms with Crippen molar-refractivity contribution in [1.82, 2.24) is 14.9 Å². The number of rotatable bonds is 8. The standard InChI is InChI=1S/C16H23N3O5S/c1-10-16(11(2)19-18-10)25(20,21)17-7-6-12-8-13(22-3)15(24-5)14(9-12)23-4/h8-9,17H,6-7H2,1-5H3,(H,18,19). The number of hydrogen-bond donors (Lipinski definition) is 2. The number of nitrogens with one attached hydrogen (secondary N) is 2. The third-order valence-corrected chi connectivity index (χ3v) is 5.48. The fourth-order valence-electron chi connectivity index (χ4n) is 2.62. The molecule has 2 N–H and O–H groups in total. The minimum Gasteiger partial charge on any atom is -0.493 e. The number of H-pyrrole nitrogens is 1. The number of sulfonamides is 1. The minimum atomic E-state index is -3.62. The summed E-state index contributed by atoms with van der Waals surface area (Å²) in [5, 5.41) is 6.60. The van der Waals surface area contributed by atoms with Crippen LogP contribution in [0.4, 0.5) is 0 Å². The number of aromatic amines is 1. The lowest BCUT2D eigenvalue weighted by molar-refractivity contribution is 0.324. The first-order chi connectivity index (χ1) is 11.8. The zero-order chi connectivity index (χ0) is 18.6. The highest BCUT2D eigenvalue weighted by molar-refractivity contribution is 7.89. The van der Waals surface area contributed by atoms with Gasteiger partial charge < -0.3 is 14.2 Å². The number of nitrogens with zero attached hydrogens (tertiary/aromatic N) is 1. The maximum Gasteiger partial charge on any atom is 0.244 e. The quantitative estimate of drug-likeness (QED) is 0.732. The van der Waals surface area contributed by atoms with Crippen molar-refractivity contribution in [3.05, 3.63) is 29.1 Å². The number of aromatic nitrogens is 2. The van der Waals surface area contributed by atoms with Crippen LogP contribution in [0.25, 0.3) is 0 Å². The number of methoxy groups -OCH3 is 3. The molecule has 0 bridgehead atoms. The van der Waals surface area contributed by atoms with Gasteiger partial charge in [0.15, 0.2) is 11.5 Å². The van der Waals surface area contributed by atoms with Crippen molar-refractivity contribution in [3.63, 3.8) is 0 Å². The molecule has 0 aliphatic carbocycles. The first-order valence-electron chi connectivity index (χ1n) is 7.64. The summed E-state index contributed by atoms with van der Waals surface area (Å²) >= 11 is 0. The molecular formula is C16H23N3O5S. The van der Waals surface area contributed by atoms with Crippen LogP contribution in [0, 0.1) is 13.8 Å². The summed E-state index contributed by atoms with van der Waals surface area (Å²) in [6.07, 6.45) is 0.464. The van der Waals surface area contributed by atoms with Crippen molar-refractivity contribution in [2.24, 2.45) is 0 Å². The lowest BCUT2D eigenvalue weighted by Crippen LogP contribution is -2.26. The van der Waals surface area contributed by atoms with Gasteiger partial charge in [0.05, 0.1) is 32.7 Å². The van der Waals surface area contributed by atoms with Gasteiger partial charge in [0, 0.05) is 6.54 Å².